The number of ether oxygens (including phenoxy) is 3. The molecule has 1 aliphatic rings. The van der Waals surface area contributed by atoms with Gasteiger partial charge >= 0.3 is 18.2 Å². The second-order valence-electron chi connectivity index (χ2n) is 13.1. The topological polar surface area (TPSA) is 181 Å². The lowest BCUT2D eigenvalue weighted by molar-refractivity contribution is -0.147. The molecule has 1 heterocycles. The van der Waals surface area contributed by atoms with Gasteiger partial charge in [-0.2, -0.15) is 0 Å². The second kappa shape index (κ2) is 23.1. The molecular formula is C41H50N4O9. The molecule has 0 unspecified atom stereocenters. The van der Waals surface area contributed by atoms with E-state index in [1.807, 2.05) is 91.0 Å². The molecule has 1 aliphatic heterocycles. The van der Waals surface area contributed by atoms with E-state index in [1.54, 1.807) is 12.2 Å². The van der Waals surface area contributed by atoms with E-state index in [4.69, 9.17) is 14.2 Å². The molecule has 0 saturated heterocycles. The predicted molar refractivity (Wildman–Crippen MR) is 201 cm³/mol. The van der Waals surface area contributed by atoms with Crippen molar-refractivity contribution in [1.82, 2.24) is 21.3 Å². The minimum absolute atomic E-state index is 0.0181. The molecule has 0 spiro atoms. The molecule has 13 nitrogen and oxygen atoms in total. The van der Waals surface area contributed by atoms with Crippen LogP contribution in [0, 0.1) is 5.92 Å². The molecule has 0 aromatic heterocycles. The SMILES string of the molecule is O=C(C[C@H]1CC=CC[C@@H](NC(=O)OCc2ccccc2)C(=O)OC[C@H](CCCCNC(=O)OCc2ccccc2)NC1=O)N[C@H](CO)Cc1ccccc1. The second-order valence-corrected chi connectivity index (χ2v) is 13.1. The fourth-order valence-electron chi connectivity index (χ4n) is 5.75. The van der Waals surface area contributed by atoms with Gasteiger partial charge in [-0.25, -0.2) is 14.4 Å². The van der Waals surface area contributed by atoms with Gasteiger partial charge < -0.3 is 40.6 Å². The van der Waals surface area contributed by atoms with Crippen molar-refractivity contribution in [3.63, 3.8) is 0 Å². The van der Waals surface area contributed by atoms with E-state index in [0.29, 0.717) is 32.2 Å². The number of hydrogen-bond acceptors (Lipinski definition) is 9. The summed E-state index contributed by atoms with van der Waals surface area (Å²) < 4.78 is 16.2. The zero-order valence-electron chi connectivity index (χ0n) is 30.3. The first kappa shape index (κ1) is 41.1. The van der Waals surface area contributed by atoms with Crippen LogP contribution in [0.1, 0.15) is 55.2 Å². The zero-order chi connectivity index (χ0) is 38.4. The van der Waals surface area contributed by atoms with Crippen molar-refractivity contribution in [1.29, 1.82) is 0 Å². The summed E-state index contributed by atoms with van der Waals surface area (Å²) in [5.74, 6) is -2.23. The molecule has 4 atom stereocenters. The first-order valence-electron chi connectivity index (χ1n) is 18.3. The molecular weight excluding hydrogens is 692 g/mol. The van der Waals surface area contributed by atoms with Crippen molar-refractivity contribution in [2.75, 3.05) is 19.8 Å². The van der Waals surface area contributed by atoms with Crippen molar-refractivity contribution in [2.24, 2.45) is 5.92 Å². The van der Waals surface area contributed by atoms with Crippen molar-refractivity contribution in [2.45, 2.75) is 76.3 Å². The molecule has 5 N–H and O–H groups in total. The Kier molecular flexibility index (Phi) is 17.6. The van der Waals surface area contributed by atoms with Gasteiger partial charge in [0.25, 0.3) is 0 Å². The fourth-order valence-corrected chi connectivity index (χ4v) is 5.75. The third-order valence-corrected chi connectivity index (χ3v) is 8.70. The number of carbonyl (C=O) groups excluding carboxylic acids is 5. The van der Waals surface area contributed by atoms with Crippen LogP contribution in [0.4, 0.5) is 9.59 Å². The first-order valence-corrected chi connectivity index (χ1v) is 18.3. The van der Waals surface area contributed by atoms with Gasteiger partial charge in [0.2, 0.25) is 11.8 Å². The number of hydrogen-bond donors (Lipinski definition) is 5. The van der Waals surface area contributed by atoms with Gasteiger partial charge in [-0.1, -0.05) is 103 Å². The van der Waals surface area contributed by atoms with Gasteiger partial charge in [-0.3, -0.25) is 9.59 Å². The first-order chi connectivity index (χ1) is 26.3. The Bertz CT molecular complexity index is 1640. The Morgan fingerprint density at radius 2 is 1.39 bits per heavy atom. The number of aliphatic hydroxyl groups is 1. The van der Waals surface area contributed by atoms with E-state index in [2.05, 4.69) is 21.3 Å². The number of alkyl carbamates (subject to hydrolysis) is 2. The predicted octanol–water partition coefficient (Wildman–Crippen LogP) is 4.48. The van der Waals surface area contributed by atoms with Crippen LogP contribution in [0.15, 0.2) is 103 Å². The van der Waals surface area contributed by atoms with E-state index >= 15 is 0 Å². The molecule has 13 heteroatoms. The minimum Gasteiger partial charge on any atom is -0.462 e. The highest BCUT2D eigenvalue weighted by Gasteiger charge is 2.28. The molecule has 4 amide bonds. The van der Waals surface area contributed by atoms with Crippen molar-refractivity contribution in [3.8, 4) is 0 Å². The number of aliphatic hydroxyl groups excluding tert-OH is 1. The summed E-state index contributed by atoms with van der Waals surface area (Å²) in [6.45, 7) is 0.0417. The van der Waals surface area contributed by atoms with Crippen molar-refractivity contribution in [3.05, 3.63) is 120 Å². The van der Waals surface area contributed by atoms with Gasteiger partial charge in [0.1, 0.15) is 25.9 Å². The van der Waals surface area contributed by atoms with Crippen molar-refractivity contribution < 1.29 is 43.3 Å². The number of esters is 1. The Balaban J connectivity index is 1.36. The third-order valence-electron chi connectivity index (χ3n) is 8.70. The number of cyclic esters (lactones) is 1. The average Bonchev–Trinajstić information content (AvgIpc) is 3.19. The van der Waals surface area contributed by atoms with E-state index in [9.17, 15) is 29.1 Å². The Labute approximate surface area is 315 Å². The van der Waals surface area contributed by atoms with Crippen LogP contribution in [-0.4, -0.2) is 73.0 Å². The smallest absolute Gasteiger partial charge is 0.408 e. The quantitative estimate of drug-likeness (QED) is 0.0612. The Morgan fingerprint density at radius 1 is 0.796 bits per heavy atom. The summed E-state index contributed by atoms with van der Waals surface area (Å²) >= 11 is 0. The van der Waals surface area contributed by atoms with Crippen LogP contribution in [0.3, 0.4) is 0 Å². The number of allylic oxidation sites excluding steroid dienone is 1. The van der Waals surface area contributed by atoms with E-state index in [1.165, 1.54) is 0 Å². The van der Waals surface area contributed by atoms with Gasteiger partial charge in [-0.15, -0.1) is 0 Å². The fraction of sp³-hybridized carbons (Fsp3) is 0.390. The van der Waals surface area contributed by atoms with Crippen LogP contribution >= 0.6 is 0 Å². The summed E-state index contributed by atoms with van der Waals surface area (Å²) in [6, 6.07) is 25.7. The molecule has 3 aromatic rings. The summed E-state index contributed by atoms with van der Waals surface area (Å²) in [4.78, 5) is 64.8. The average molecular weight is 743 g/mol. The summed E-state index contributed by atoms with van der Waals surface area (Å²) in [5, 5.41) is 21.0. The highest BCUT2D eigenvalue weighted by Crippen LogP contribution is 2.15. The lowest BCUT2D eigenvalue weighted by Crippen LogP contribution is -2.46. The summed E-state index contributed by atoms with van der Waals surface area (Å²) in [5.41, 5.74) is 2.60. The van der Waals surface area contributed by atoms with Crippen LogP contribution in [-0.2, 0) is 48.2 Å². The van der Waals surface area contributed by atoms with Crippen LogP contribution < -0.4 is 21.3 Å². The molecule has 3 aromatic carbocycles. The molecule has 0 aliphatic carbocycles. The molecule has 4 rings (SSSR count). The van der Waals surface area contributed by atoms with E-state index in [-0.39, 0.29) is 57.5 Å². The molecule has 0 bridgehead atoms. The maximum Gasteiger partial charge on any atom is 0.408 e. The molecule has 288 valence electrons. The minimum atomic E-state index is -1.06. The Hall–Kier alpha value is -5.69. The number of nitrogens with one attached hydrogen (secondary N) is 4. The molecule has 0 saturated carbocycles. The number of carbonyl (C=O) groups is 5. The summed E-state index contributed by atoms with van der Waals surface area (Å²) in [7, 11) is 0. The molecule has 54 heavy (non-hydrogen) atoms. The summed E-state index contributed by atoms with van der Waals surface area (Å²) in [6.07, 6.45) is 4.06. The van der Waals surface area contributed by atoms with E-state index < -0.39 is 42.2 Å². The lowest BCUT2D eigenvalue weighted by Gasteiger charge is -2.25. The van der Waals surface area contributed by atoms with Gasteiger partial charge in [0.05, 0.1) is 24.6 Å². The van der Waals surface area contributed by atoms with Crippen LogP contribution in [0.2, 0.25) is 0 Å². The third kappa shape index (κ3) is 15.5. The Morgan fingerprint density at radius 3 is 2.02 bits per heavy atom. The standard InChI is InChI=1S/C41H50N4O9/c46-26-35(24-30-14-4-1-5-15-30)43-37(47)25-33-20-10-11-22-36(45-41(51)54-28-32-18-8-3-9-19-32)39(49)52-29-34(44-38(33)48)21-12-13-23-42-40(50)53-27-31-16-6-2-7-17-31/h1-11,14-19,33-36,46H,12-13,20-29H2,(H,42,50)(H,43,47)(H,44,48)(H,45,51)/t33-,34+,35+,36-/m1/s1. The van der Waals surface area contributed by atoms with Crippen LogP contribution in [0.5, 0.6) is 0 Å². The van der Waals surface area contributed by atoms with Crippen molar-refractivity contribution >= 4 is 30.0 Å². The normalized spacial score (nSPS) is 18.1. The van der Waals surface area contributed by atoms with Gasteiger partial charge in [-0.05, 0) is 55.2 Å². The zero-order valence-corrected chi connectivity index (χ0v) is 30.3. The lowest BCUT2D eigenvalue weighted by atomic mass is 9.97. The van der Waals surface area contributed by atoms with E-state index in [0.717, 1.165) is 16.7 Å². The highest BCUT2D eigenvalue weighted by atomic mass is 16.6. The molecule has 0 fully saturated rings. The number of benzene rings is 3. The highest BCUT2D eigenvalue weighted by molar-refractivity contribution is 5.86. The van der Waals surface area contributed by atoms with Gasteiger partial charge in [0.15, 0.2) is 0 Å². The maximum absolute atomic E-state index is 13.6. The largest absolute Gasteiger partial charge is 0.462 e. The van der Waals surface area contributed by atoms with Crippen LogP contribution in [0.25, 0.3) is 0 Å². The number of rotatable bonds is 16. The number of amides is 4. The number of unbranched alkanes of at least 4 members (excludes halogenated alkanes) is 1. The van der Waals surface area contributed by atoms with Gasteiger partial charge in [0, 0.05) is 13.0 Å². The molecule has 0 radical (unpaired) electrons. The maximum atomic E-state index is 13.6. The monoisotopic (exact) mass is 742 g/mol.